The zero-order valence-electron chi connectivity index (χ0n) is 22.8. The highest BCUT2D eigenvalue weighted by atomic mass is 16.5. The lowest BCUT2D eigenvalue weighted by Crippen LogP contribution is -2.54. The number of hydrogen-bond acceptors (Lipinski definition) is 6. The van der Waals surface area contributed by atoms with Crippen molar-refractivity contribution < 1.29 is 34.1 Å². The van der Waals surface area contributed by atoms with Crippen LogP contribution in [0, 0.1) is 5.92 Å². The number of piperidine rings is 1. The number of nitrogens with one attached hydrogen (secondary N) is 1. The normalized spacial score (nSPS) is 14.4. The van der Waals surface area contributed by atoms with Crippen LogP contribution < -0.4 is 5.32 Å². The molecule has 3 aromatic carbocycles. The minimum Gasteiger partial charge on any atom is -0.465 e. The van der Waals surface area contributed by atoms with E-state index in [-0.39, 0.29) is 32.8 Å². The van der Waals surface area contributed by atoms with Crippen molar-refractivity contribution >= 4 is 34.6 Å². The number of Topliss-reactive ketones (excluding diaryl/α,β-unsaturated/α-hetero) is 1. The van der Waals surface area contributed by atoms with Gasteiger partial charge in [-0.2, -0.15) is 0 Å². The molecular weight excluding hydrogens is 526 g/mol. The van der Waals surface area contributed by atoms with Crippen LogP contribution in [-0.2, 0) is 27.4 Å². The maximum absolute atomic E-state index is 13.6. The Bertz CT molecular complexity index is 1360. The lowest BCUT2D eigenvalue weighted by atomic mass is 9.95. The van der Waals surface area contributed by atoms with Crippen molar-refractivity contribution in [2.75, 3.05) is 32.8 Å². The van der Waals surface area contributed by atoms with E-state index in [2.05, 4.69) is 5.32 Å². The molecule has 0 aliphatic carbocycles. The number of hydrogen-bond donors (Lipinski definition) is 3. The van der Waals surface area contributed by atoms with E-state index < -0.39 is 42.4 Å². The van der Waals surface area contributed by atoms with Gasteiger partial charge in [-0.25, -0.2) is 9.59 Å². The maximum Gasteiger partial charge on any atom is 0.407 e. The third-order valence-corrected chi connectivity index (χ3v) is 7.30. The summed E-state index contributed by atoms with van der Waals surface area (Å²) in [7, 11) is 0. The van der Waals surface area contributed by atoms with Gasteiger partial charge in [0.15, 0.2) is 5.78 Å². The number of urea groups is 1. The first-order chi connectivity index (χ1) is 19.9. The molecule has 4 amide bonds. The lowest BCUT2D eigenvalue weighted by molar-refractivity contribution is -0.134. The standard InChI is InChI=1S/C31H35N3O7/c35-19-28(36)27(21-41-20-23-6-2-1-3-7-23)32-30(38)34(29(37)25-13-15-33(16-14-25)31(39)40)17-12-22-10-11-24-8-4-5-9-26(24)18-22/h1-11,18,25,27,35H,12-17,19-21H2,(H,32,38)(H,39,40)/t27-/m0/s1. The molecule has 1 fully saturated rings. The van der Waals surface area contributed by atoms with E-state index in [1.807, 2.05) is 72.8 Å². The number of amides is 4. The molecule has 0 saturated carbocycles. The fraction of sp³-hybridized carbons (Fsp3) is 0.355. The number of carboxylic acid groups (broad SMARTS) is 1. The molecule has 3 aromatic rings. The van der Waals surface area contributed by atoms with E-state index in [0.29, 0.717) is 19.3 Å². The summed E-state index contributed by atoms with van der Waals surface area (Å²) in [5, 5.41) is 23.5. The molecule has 3 N–H and O–H groups in total. The summed E-state index contributed by atoms with van der Waals surface area (Å²) in [6.45, 7) is -0.302. The van der Waals surface area contributed by atoms with E-state index in [4.69, 9.17) is 4.74 Å². The van der Waals surface area contributed by atoms with Gasteiger partial charge in [-0.05, 0) is 41.2 Å². The molecule has 1 aliphatic rings. The highest BCUT2D eigenvalue weighted by Gasteiger charge is 2.34. The number of carbonyl (C=O) groups excluding carboxylic acids is 3. The van der Waals surface area contributed by atoms with Crippen LogP contribution in [-0.4, -0.2) is 82.7 Å². The van der Waals surface area contributed by atoms with Gasteiger partial charge in [0.2, 0.25) is 5.91 Å². The van der Waals surface area contributed by atoms with Gasteiger partial charge in [0.05, 0.1) is 13.2 Å². The van der Waals surface area contributed by atoms with E-state index in [0.717, 1.165) is 26.8 Å². The van der Waals surface area contributed by atoms with Crippen molar-refractivity contribution in [1.82, 2.24) is 15.1 Å². The number of ether oxygens (including phenoxy) is 1. The number of aliphatic hydroxyl groups is 1. The third kappa shape index (κ3) is 8.12. The molecule has 216 valence electrons. The summed E-state index contributed by atoms with van der Waals surface area (Å²) >= 11 is 0. The molecule has 4 rings (SSSR count). The highest BCUT2D eigenvalue weighted by Crippen LogP contribution is 2.21. The van der Waals surface area contributed by atoms with Gasteiger partial charge in [-0.15, -0.1) is 0 Å². The van der Waals surface area contributed by atoms with E-state index >= 15 is 0 Å². The molecule has 10 nitrogen and oxygen atoms in total. The van der Waals surface area contributed by atoms with Crippen molar-refractivity contribution in [3.63, 3.8) is 0 Å². The second kappa shape index (κ2) is 14.4. The van der Waals surface area contributed by atoms with E-state index in [1.165, 1.54) is 4.90 Å². The Morgan fingerprint density at radius 1 is 0.927 bits per heavy atom. The van der Waals surface area contributed by atoms with Crippen molar-refractivity contribution in [3.8, 4) is 0 Å². The smallest absolute Gasteiger partial charge is 0.407 e. The second-order valence-electron chi connectivity index (χ2n) is 10.1. The number of rotatable bonds is 11. The summed E-state index contributed by atoms with van der Waals surface area (Å²) in [5.41, 5.74) is 1.82. The molecule has 1 heterocycles. The summed E-state index contributed by atoms with van der Waals surface area (Å²) < 4.78 is 5.66. The Hall–Kier alpha value is -4.28. The van der Waals surface area contributed by atoms with Gasteiger partial charge in [0.1, 0.15) is 12.6 Å². The molecule has 0 unspecified atom stereocenters. The molecule has 1 aliphatic heterocycles. The van der Waals surface area contributed by atoms with Crippen LogP contribution in [0.5, 0.6) is 0 Å². The van der Waals surface area contributed by atoms with Crippen molar-refractivity contribution in [3.05, 3.63) is 83.9 Å². The predicted octanol–water partition coefficient (Wildman–Crippen LogP) is 3.46. The fourth-order valence-electron chi connectivity index (χ4n) is 4.91. The lowest BCUT2D eigenvalue weighted by Gasteiger charge is -2.33. The van der Waals surface area contributed by atoms with E-state index in [9.17, 15) is 29.4 Å². The fourth-order valence-corrected chi connectivity index (χ4v) is 4.91. The van der Waals surface area contributed by atoms with Crippen LogP contribution >= 0.6 is 0 Å². The summed E-state index contributed by atoms with van der Waals surface area (Å²) in [4.78, 5) is 53.3. The first-order valence-electron chi connectivity index (χ1n) is 13.7. The number of aliphatic hydroxyl groups excluding tert-OH is 1. The zero-order valence-corrected chi connectivity index (χ0v) is 22.8. The largest absolute Gasteiger partial charge is 0.465 e. The third-order valence-electron chi connectivity index (χ3n) is 7.30. The van der Waals surface area contributed by atoms with Gasteiger partial charge >= 0.3 is 12.1 Å². The Morgan fingerprint density at radius 3 is 2.29 bits per heavy atom. The number of nitrogens with zero attached hydrogens (tertiary/aromatic N) is 2. The zero-order chi connectivity index (χ0) is 29.2. The van der Waals surface area contributed by atoms with Crippen LogP contribution in [0.4, 0.5) is 9.59 Å². The van der Waals surface area contributed by atoms with Crippen LogP contribution in [0.1, 0.15) is 24.0 Å². The first-order valence-corrected chi connectivity index (χ1v) is 13.7. The Morgan fingerprint density at radius 2 is 1.61 bits per heavy atom. The monoisotopic (exact) mass is 561 g/mol. The van der Waals surface area contributed by atoms with Gasteiger partial charge in [-0.1, -0.05) is 72.8 Å². The highest BCUT2D eigenvalue weighted by molar-refractivity contribution is 5.98. The van der Waals surface area contributed by atoms with E-state index in [1.54, 1.807) is 0 Å². The Balaban J connectivity index is 1.47. The summed E-state index contributed by atoms with van der Waals surface area (Å²) in [5.74, 6) is -1.59. The van der Waals surface area contributed by atoms with Gasteiger partial charge < -0.3 is 25.2 Å². The van der Waals surface area contributed by atoms with Crippen molar-refractivity contribution in [2.45, 2.75) is 31.9 Å². The molecule has 41 heavy (non-hydrogen) atoms. The molecule has 10 heteroatoms. The number of fused-ring (bicyclic) bond motifs is 1. The minimum atomic E-state index is -1.15. The number of carbonyl (C=O) groups is 4. The van der Waals surface area contributed by atoms with Crippen LogP contribution in [0.25, 0.3) is 10.8 Å². The molecule has 1 saturated heterocycles. The summed E-state index contributed by atoms with van der Waals surface area (Å²) in [6.07, 6.45) is -0.0578. The van der Waals surface area contributed by atoms with Crippen molar-refractivity contribution in [1.29, 1.82) is 0 Å². The summed E-state index contributed by atoms with van der Waals surface area (Å²) in [6, 6.07) is 21.2. The van der Waals surface area contributed by atoms with Gasteiger partial charge in [0, 0.05) is 25.6 Å². The van der Waals surface area contributed by atoms with Crippen LogP contribution in [0.2, 0.25) is 0 Å². The quantitative estimate of drug-likeness (QED) is 0.326. The molecule has 0 aromatic heterocycles. The second-order valence-corrected chi connectivity index (χ2v) is 10.1. The average Bonchev–Trinajstić information content (AvgIpc) is 3.00. The first kappa shape index (κ1) is 29.7. The average molecular weight is 562 g/mol. The van der Waals surface area contributed by atoms with Crippen molar-refractivity contribution in [2.24, 2.45) is 5.92 Å². The molecular formula is C31H35N3O7. The SMILES string of the molecule is O=C(CO)[C@H](COCc1ccccc1)NC(=O)N(CCc1ccc2ccccc2c1)C(=O)C1CCN(C(=O)O)CC1. The Labute approximate surface area is 238 Å². The number of benzene rings is 3. The molecule has 0 radical (unpaired) electrons. The number of ketones is 1. The Kier molecular flexibility index (Phi) is 10.4. The van der Waals surface area contributed by atoms with Crippen LogP contribution in [0.15, 0.2) is 72.8 Å². The van der Waals surface area contributed by atoms with Crippen LogP contribution in [0.3, 0.4) is 0 Å². The number of likely N-dealkylation sites (tertiary alicyclic amines) is 1. The van der Waals surface area contributed by atoms with Gasteiger partial charge in [0.25, 0.3) is 0 Å². The number of imide groups is 1. The predicted molar refractivity (Wildman–Crippen MR) is 152 cm³/mol. The molecule has 0 bridgehead atoms. The molecule has 1 atom stereocenters. The maximum atomic E-state index is 13.6. The van der Waals surface area contributed by atoms with Gasteiger partial charge in [-0.3, -0.25) is 14.5 Å². The topological polar surface area (TPSA) is 136 Å². The molecule has 0 spiro atoms. The minimum absolute atomic E-state index is 0.0626.